The van der Waals surface area contributed by atoms with E-state index in [1.54, 1.807) is 4.90 Å². The van der Waals surface area contributed by atoms with Crippen LogP contribution in [-0.4, -0.2) is 29.4 Å². The fourth-order valence-electron chi connectivity index (χ4n) is 3.78. The average Bonchev–Trinajstić information content (AvgIpc) is 3.06. The van der Waals surface area contributed by atoms with Gasteiger partial charge >= 0.3 is 5.97 Å². The summed E-state index contributed by atoms with van der Waals surface area (Å²) in [5, 5.41) is 12.2. The molecule has 1 aliphatic heterocycles. The van der Waals surface area contributed by atoms with E-state index >= 15 is 0 Å². The molecule has 1 aromatic rings. The number of carbonyl (C=O) groups excluding carboxylic acids is 2. The molecule has 2 aliphatic rings. The molecule has 6 heteroatoms. The van der Waals surface area contributed by atoms with Gasteiger partial charge in [0.25, 0.3) is 0 Å². The highest BCUT2D eigenvalue weighted by molar-refractivity contribution is 5.95. The average molecular weight is 344 g/mol. The molecule has 0 spiro atoms. The van der Waals surface area contributed by atoms with E-state index in [0.717, 1.165) is 37.1 Å². The Kier molecular flexibility index (Phi) is 5.36. The Morgan fingerprint density at radius 3 is 2.36 bits per heavy atom. The molecule has 6 nitrogen and oxygen atoms in total. The maximum atomic E-state index is 12.4. The van der Waals surface area contributed by atoms with Gasteiger partial charge in [-0.25, -0.2) is 0 Å². The maximum absolute atomic E-state index is 12.4. The van der Waals surface area contributed by atoms with E-state index in [2.05, 4.69) is 5.32 Å². The fraction of sp³-hybridized carbons (Fsp3) is 0.526. The maximum Gasteiger partial charge on any atom is 0.307 e. The molecule has 1 aromatic carbocycles. The summed E-state index contributed by atoms with van der Waals surface area (Å²) in [5.41, 5.74) is 1.82. The molecule has 1 saturated heterocycles. The van der Waals surface area contributed by atoms with E-state index in [1.807, 2.05) is 24.3 Å². The number of benzene rings is 1. The van der Waals surface area contributed by atoms with Crippen molar-refractivity contribution >= 4 is 23.5 Å². The number of hydrogen-bond donors (Lipinski definition) is 2. The van der Waals surface area contributed by atoms with E-state index < -0.39 is 17.8 Å². The lowest BCUT2D eigenvalue weighted by molar-refractivity contribution is -0.148. The molecular weight excluding hydrogens is 320 g/mol. The largest absolute Gasteiger partial charge is 0.481 e. The fourth-order valence-corrected chi connectivity index (χ4v) is 3.78. The normalized spacial score (nSPS) is 23.5. The summed E-state index contributed by atoms with van der Waals surface area (Å²) in [4.78, 5) is 37.2. The third kappa shape index (κ3) is 4.00. The first-order valence-corrected chi connectivity index (χ1v) is 8.96. The van der Waals surface area contributed by atoms with Gasteiger partial charge < -0.3 is 15.3 Å². The van der Waals surface area contributed by atoms with Crippen LogP contribution in [0.4, 0.5) is 5.69 Å². The molecule has 0 unspecified atom stereocenters. The van der Waals surface area contributed by atoms with Crippen LogP contribution in [0.2, 0.25) is 0 Å². The number of nitrogens with zero attached hydrogens (tertiary/aromatic N) is 1. The number of nitrogens with one attached hydrogen (secondary N) is 1. The SMILES string of the molecule is O=C(O)[C@@H]1CCCC[C@H]1C(=O)NCc1ccc(N2CCCC2=O)cc1. The van der Waals surface area contributed by atoms with Gasteiger partial charge in [-0.05, 0) is 37.0 Å². The van der Waals surface area contributed by atoms with Crippen molar-refractivity contribution in [3.8, 4) is 0 Å². The summed E-state index contributed by atoms with van der Waals surface area (Å²) < 4.78 is 0. The molecule has 2 N–H and O–H groups in total. The Balaban J connectivity index is 1.56. The molecular formula is C19H24N2O4. The standard InChI is InChI=1S/C19H24N2O4/c22-17-6-3-11-21(17)14-9-7-13(8-10-14)12-20-18(23)15-4-1-2-5-16(15)19(24)25/h7-10,15-16H,1-6,11-12H2,(H,20,23)(H,24,25)/t15-,16-/m1/s1. The molecule has 0 aromatic heterocycles. The van der Waals surface area contributed by atoms with Crippen LogP contribution < -0.4 is 10.2 Å². The van der Waals surface area contributed by atoms with Crippen LogP contribution >= 0.6 is 0 Å². The van der Waals surface area contributed by atoms with E-state index in [1.165, 1.54) is 0 Å². The summed E-state index contributed by atoms with van der Waals surface area (Å²) in [6.45, 7) is 1.13. The van der Waals surface area contributed by atoms with Gasteiger partial charge in [0, 0.05) is 25.2 Å². The van der Waals surface area contributed by atoms with Crippen LogP contribution in [0.1, 0.15) is 44.1 Å². The number of rotatable bonds is 5. The van der Waals surface area contributed by atoms with Gasteiger partial charge in [0.05, 0.1) is 11.8 Å². The van der Waals surface area contributed by atoms with Crippen LogP contribution in [-0.2, 0) is 20.9 Å². The highest BCUT2D eigenvalue weighted by Crippen LogP contribution is 2.30. The van der Waals surface area contributed by atoms with Crippen molar-refractivity contribution in [2.24, 2.45) is 11.8 Å². The van der Waals surface area contributed by atoms with Crippen LogP contribution in [0.15, 0.2) is 24.3 Å². The minimum Gasteiger partial charge on any atom is -0.481 e. The summed E-state index contributed by atoms with van der Waals surface area (Å²) in [6, 6.07) is 7.59. The number of carboxylic acid groups (broad SMARTS) is 1. The second kappa shape index (κ2) is 7.68. The van der Waals surface area contributed by atoms with Crippen LogP contribution in [0.5, 0.6) is 0 Å². The predicted octanol–water partition coefficient (Wildman–Crippen LogP) is 2.32. The van der Waals surface area contributed by atoms with Gasteiger partial charge in [0.15, 0.2) is 0 Å². The molecule has 2 amide bonds. The third-order valence-corrected chi connectivity index (χ3v) is 5.21. The Bertz CT molecular complexity index is 656. The van der Waals surface area contributed by atoms with Crippen molar-refractivity contribution in [3.05, 3.63) is 29.8 Å². The van der Waals surface area contributed by atoms with Gasteiger partial charge in [0.1, 0.15) is 0 Å². The smallest absolute Gasteiger partial charge is 0.307 e. The summed E-state index contributed by atoms with van der Waals surface area (Å²) in [7, 11) is 0. The van der Waals surface area contributed by atoms with Crippen LogP contribution in [0, 0.1) is 11.8 Å². The number of hydrogen-bond acceptors (Lipinski definition) is 3. The Labute approximate surface area is 147 Å². The Hall–Kier alpha value is -2.37. The summed E-state index contributed by atoms with van der Waals surface area (Å²) >= 11 is 0. The first-order chi connectivity index (χ1) is 12.1. The zero-order chi connectivity index (χ0) is 17.8. The minimum absolute atomic E-state index is 0.151. The van der Waals surface area contributed by atoms with Gasteiger partial charge in [-0.1, -0.05) is 25.0 Å². The number of aliphatic carboxylic acids is 1. The molecule has 2 fully saturated rings. The lowest BCUT2D eigenvalue weighted by atomic mass is 9.78. The quantitative estimate of drug-likeness (QED) is 0.858. The molecule has 1 aliphatic carbocycles. The predicted molar refractivity (Wildman–Crippen MR) is 93.0 cm³/mol. The molecule has 1 saturated carbocycles. The molecule has 1 heterocycles. The molecule has 2 atom stereocenters. The number of carboxylic acids is 1. The third-order valence-electron chi connectivity index (χ3n) is 5.21. The number of anilines is 1. The Morgan fingerprint density at radius 2 is 1.76 bits per heavy atom. The second-order valence-corrected chi connectivity index (χ2v) is 6.87. The number of carbonyl (C=O) groups is 3. The van der Waals surface area contributed by atoms with Gasteiger partial charge in [-0.3, -0.25) is 14.4 Å². The van der Waals surface area contributed by atoms with E-state index in [9.17, 15) is 19.5 Å². The molecule has 134 valence electrons. The van der Waals surface area contributed by atoms with Gasteiger partial charge in [-0.2, -0.15) is 0 Å². The van der Waals surface area contributed by atoms with Crippen LogP contribution in [0.25, 0.3) is 0 Å². The van der Waals surface area contributed by atoms with Crippen molar-refractivity contribution < 1.29 is 19.5 Å². The van der Waals surface area contributed by atoms with Crippen molar-refractivity contribution in [2.45, 2.75) is 45.1 Å². The lowest BCUT2D eigenvalue weighted by Gasteiger charge is -2.27. The van der Waals surface area contributed by atoms with Gasteiger partial charge in [-0.15, -0.1) is 0 Å². The zero-order valence-corrected chi connectivity index (χ0v) is 14.2. The molecule has 3 rings (SSSR count). The van der Waals surface area contributed by atoms with Gasteiger partial charge in [0.2, 0.25) is 11.8 Å². The summed E-state index contributed by atoms with van der Waals surface area (Å²) in [5.74, 6) is -1.91. The first kappa shape index (κ1) is 17.5. The highest BCUT2D eigenvalue weighted by atomic mass is 16.4. The van der Waals surface area contributed by atoms with E-state index in [4.69, 9.17) is 0 Å². The van der Waals surface area contributed by atoms with Crippen molar-refractivity contribution in [1.82, 2.24) is 5.32 Å². The van der Waals surface area contributed by atoms with Crippen molar-refractivity contribution in [2.75, 3.05) is 11.4 Å². The van der Waals surface area contributed by atoms with E-state index in [-0.39, 0.29) is 11.8 Å². The van der Waals surface area contributed by atoms with Crippen molar-refractivity contribution in [3.63, 3.8) is 0 Å². The molecule has 0 radical (unpaired) electrons. The molecule has 25 heavy (non-hydrogen) atoms. The first-order valence-electron chi connectivity index (χ1n) is 8.96. The monoisotopic (exact) mass is 344 g/mol. The van der Waals surface area contributed by atoms with E-state index in [0.29, 0.717) is 25.8 Å². The minimum atomic E-state index is -0.875. The van der Waals surface area contributed by atoms with Crippen LogP contribution in [0.3, 0.4) is 0 Å². The van der Waals surface area contributed by atoms with Crippen molar-refractivity contribution in [1.29, 1.82) is 0 Å². The number of amides is 2. The summed E-state index contributed by atoms with van der Waals surface area (Å²) in [6.07, 6.45) is 4.48. The second-order valence-electron chi connectivity index (χ2n) is 6.87. The lowest BCUT2D eigenvalue weighted by Crippen LogP contribution is -2.39. The zero-order valence-electron chi connectivity index (χ0n) is 14.2. The Morgan fingerprint density at radius 1 is 1.08 bits per heavy atom. The highest BCUT2D eigenvalue weighted by Gasteiger charge is 2.35. The topological polar surface area (TPSA) is 86.7 Å². The molecule has 0 bridgehead atoms.